The molecule has 1 saturated carbocycles. The number of nitrogens with zero attached hydrogens (tertiary/aromatic N) is 2. The van der Waals surface area contributed by atoms with Crippen molar-refractivity contribution < 1.29 is 19.1 Å². The molecule has 2 aromatic carbocycles. The third-order valence-corrected chi connectivity index (χ3v) is 5.90. The van der Waals surface area contributed by atoms with Crippen molar-refractivity contribution in [3.63, 3.8) is 0 Å². The topological polar surface area (TPSA) is 82.5 Å². The van der Waals surface area contributed by atoms with E-state index in [0.29, 0.717) is 12.3 Å². The Balaban J connectivity index is 1.64. The predicted molar refractivity (Wildman–Crippen MR) is 127 cm³/mol. The summed E-state index contributed by atoms with van der Waals surface area (Å²) in [5.74, 6) is 0.767. The molecule has 0 unspecified atom stereocenters. The second-order valence-corrected chi connectivity index (χ2v) is 8.23. The third-order valence-electron chi connectivity index (χ3n) is 5.90. The molecule has 1 aliphatic rings. The van der Waals surface area contributed by atoms with Crippen LogP contribution in [-0.2, 0) is 9.53 Å². The summed E-state index contributed by atoms with van der Waals surface area (Å²) in [7, 11) is 1.61. The summed E-state index contributed by atoms with van der Waals surface area (Å²) in [6.45, 7) is 2.03. The SMILES string of the molecule is CCOC(=O)c1cc(-c2cccc(NC(=O)CC3CCCC3)c2)n(-c2ccc(OC)cc2)n1. The van der Waals surface area contributed by atoms with E-state index in [2.05, 4.69) is 10.4 Å². The van der Waals surface area contributed by atoms with Crippen LogP contribution in [0.15, 0.2) is 54.6 Å². The van der Waals surface area contributed by atoms with Gasteiger partial charge in [0.15, 0.2) is 5.69 Å². The maximum Gasteiger partial charge on any atom is 0.358 e. The predicted octanol–water partition coefficient (Wildman–Crippen LogP) is 5.24. The first kappa shape index (κ1) is 22.6. The molecule has 1 fully saturated rings. The van der Waals surface area contributed by atoms with Crippen LogP contribution in [0.1, 0.15) is 49.5 Å². The maximum atomic E-state index is 12.5. The number of hydrogen-bond acceptors (Lipinski definition) is 5. The van der Waals surface area contributed by atoms with Crippen LogP contribution in [0.4, 0.5) is 5.69 Å². The third kappa shape index (κ3) is 5.42. The Hall–Kier alpha value is -3.61. The molecule has 0 radical (unpaired) electrons. The highest BCUT2D eigenvalue weighted by molar-refractivity contribution is 5.92. The van der Waals surface area contributed by atoms with E-state index < -0.39 is 5.97 Å². The van der Waals surface area contributed by atoms with Crippen LogP contribution in [0.5, 0.6) is 5.75 Å². The van der Waals surface area contributed by atoms with Crippen molar-refractivity contribution in [2.75, 3.05) is 19.0 Å². The van der Waals surface area contributed by atoms with Gasteiger partial charge < -0.3 is 14.8 Å². The number of benzene rings is 2. The number of rotatable bonds is 8. The molecule has 7 nitrogen and oxygen atoms in total. The van der Waals surface area contributed by atoms with Crippen LogP contribution in [0.25, 0.3) is 16.9 Å². The Bertz CT molecular complexity index is 1110. The van der Waals surface area contributed by atoms with Gasteiger partial charge in [-0.3, -0.25) is 4.79 Å². The molecule has 1 N–H and O–H groups in total. The van der Waals surface area contributed by atoms with E-state index >= 15 is 0 Å². The van der Waals surface area contributed by atoms with Crippen molar-refractivity contribution in [3.05, 3.63) is 60.3 Å². The molecule has 0 spiro atoms. The first-order chi connectivity index (χ1) is 16.1. The van der Waals surface area contributed by atoms with Gasteiger partial charge in [-0.2, -0.15) is 5.10 Å². The zero-order valence-electron chi connectivity index (χ0n) is 19.0. The van der Waals surface area contributed by atoms with Gasteiger partial charge in [-0.1, -0.05) is 25.0 Å². The summed E-state index contributed by atoms with van der Waals surface area (Å²) >= 11 is 0. The molecule has 0 bridgehead atoms. The van der Waals surface area contributed by atoms with Crippen LogP contribution < -0.4 is 10.1 Å². The molecule has 33 heavy (non-hydrogen) atoms. The average Bonchev–Trinajstić information content (AvgIpc) is 3.50. The lowest BCUT2D eigenvalue weighted by atomic mass is 10.0. The van der Waals surface area contributed by atoms with Gasteiger partial charge in [0.25, 0.3) is 0 Å². The molecule has 0 saturated heterocycles. The van der Waals surface area contributed by atoms with Gasteiger partial charge in [0.1, 0.15) is 5.75 Å². The summed E-state index contributed by atoms with van der Waals surface area (Å²) in [6.07, 6.45) is 5.24. The Kier molecular flexibility index (Phi) is 7.07. The Morgan fingerprint density at radius 3 is 2.55 bits per heavy atom. The number of aromatic nitrogens is 2. The van der Waals surface area contributed by atoms with Gasteiger partial charge >= 0.3 is 5.97 Å². The molecule has 0 aliphatic heterocycles. The second-order valence-electron chi connectivity index (χ2n) is 8.23. The van der Waals surface area contributed by atoms with Crippen molar-refractivity contribution in [3.8, 4) is 22.7 Å². The fourth-order valence-corrected chi connectivity index (χ4v) is 4.26. The van der Waals surface area contributed by atoms with Gasteiger partial charge in [-0.25, -0.2) is 9.48 Å². The minimum absolute atomic E-state index is 0.0370. The number of amides is 1. The van der Waals surface area contributed by atoms with Crippen LogP contribution in [-0.4, -0.2) is 35.4 Å². The van der Waals surface area contributed by atoms with Crippen LogP contribution >= 0.6 is 0 Å². The zero-order chi connectivity index (χ0) is 23.2. The molecule has 1 amide bonds. The number of nitrogens with one attached hydrogen (secondary N) is 1. The zero-order valence-corrected chi connectivity index (χ0v) is 19.0. The normalized spacial score (nSPS) is 13.6. The number of carbonyl (C=O) groups is 2. The molecule has 1 aliphatic carbocycles. The van der Waals surface area contributed by atoms with Crippen molar-refractivity contribution in [2.45, 2.75) is 39.0 Å². The van der Waals surface area contributed by atoms with Gasteiger partial charge in [0.05, 0.1) is 25.1 Å². The lowest BCUT2D eigenvalue weighted by molar-refractivity contribution is -0.117. The molecule has 1 heterocycles. The van der Waals surface area contributed by atoms with E-state index in [9.17, 15) is 9.59 Å². The van der Waals surface area contributed by atoms with Crippen molar-refractivity contribution in [2.24, 2.45) is 5.92 Å². The standard InChI is InChI=1S/C26H29N3O4/c1-3-33-26(31)23-17-24(29(28-23)21-11-13-22(32-2)14-12-21)19-9-6-10-20(16-19)27-25(30)15-18-7-4-5-8-18/h6,9-14,16-18H,3-5,7-8,15H2,1-2H3,(H,27,30). The summed E-state index contributed by atoms with van der Waals surface area (Å²) in [4.78, 5) is 24.9. The Morgan fingerprint density at radius 2 is 1.85 bits per heavy atom. The molecule has 7 heteroatoms. The smallest absolute Gasteiger partial charge is 0.358 e. The van der Waals surface area contributed by atoms with E-state index in [-0.39, 0.29) is 18.2 Å². The first-order valence-electron chi connectivity index (χ1n) is 11.4. The summed E-state index contributed by atoms with van der Waals surface area (Å²) in [6, 6.07) is 16.7. The van der Waals surface area contributed by atoms with E-state index in [1.54, 1.807) is 24.8 Å². The summed E-state index contributed by atoms with van der Waals surface area (Å²) in [5, 5.41) is 7.53. The Morgan fingerprint density at radius 1 is 1.09 bits per heavy atom. The Labute approximate surface area is 193 Å². The molecule has 1 aromatic heterocycles. The van der Waals surface area contributed by atoms with E-state index in [4.69, 9.17) is 9.47 Å². The van der Waals surface area contributed by atoms with E-state index in [1.807, 2.05) is 48.5 Å². The van der Waals surface area contributed by atoms with Gasteiger partial charge in [0, 0.05) is 17.7 Å². The van der Waals surface area contributed by atoms with Gasteiger partial charge in [0.2, 0.25) is 5.91 Å². The van der Waals surface area contributed by atoms with Crippen molar-refractivity contribution >= 4 is 17.6 Å². The van der Waals surface area contributed by atoms with E-state index in [1.165, 1.54) is 12.8 Å². The van der Waals surface area contributed by atoms with Crippen LogP contribution in [0.2, 0.25) is 0 Å². The molecule has 4 rings (SSSR count). The molecule has 0 atom stereocenters. The molecular formula is C26H29N3O4. The fraction of sp³-hybridized carbons (Fsp3) is 0.346. The van der Waals surface area contributed by atoms with Gasteiger partial charge in [-0.15, -0.1) is 0 Å². The minimum atomic E-state index is -0.480. The molecule has 3 aromatic rings. The quantitative estimate of drug-likeness (QED) is 0.477. The van der Waals surface area contributed by atoms with Crippen molar-refractivity contribution in [1.29, 1.82) is 0 Å². The van der Waals surface area contributed by atoms with E-state index in [0.717, 1.165) is 41.2 Å². The highest BCUT2D eigenvalue weighted by Gasteiger charge is 2.20. The lowest BCUT2D eigenvalue weighted by Crippen LogP contribution is -2.15. The fourth-order valence-electron chi connectivity index (χ4n) is 4.26. The highest BCUT2D eigenvalue weighted by Crippen LogP contribution is 2.30. The minimum Gasteiger partial charge on any atom is -0.497 e. The number of anilines is 1. The van der Waals surface area contributed by atoms with Crippen LogP contribution in [0, 0.1) is 5.92 Å². The molecule has 172 valence electrons. The van der Waals surface area contributed by atoms with Crippen molar-refractivity contribution in [1.82, 2.24) is 9.78 Å². The second kappa shape index (κ2) is 10.3. The van der Waals surface area contributed by atoms with Crippen LogP contribution in [0.3, 0.4) is 0 Å². The lowest BCUT2D eigenvalue weighted by Gasteiger charge is -2.12. The van der Waals surface area contributed by atoms with Gasteiger partial charge in [-0.05, 0) is 68.1 Å². The number of methoxy groups -OCH3 is 1. The maximum absolute atomic E-state index is 12.5. The molecular weight excluding hydrogens is 418 g/mol. The average molecular weight is 448 g/mol. The number of carbonyl (C=O) groups excluding carboxylic acids is 2. The first-order valence-corrected chi connectivity index (χ1v) is 11.4. The highest BCUT2D eigenvalue weighted by atomic mass is 16.5. The monoisotopic (exact) mass is 447 g/mol. The summed E-state index contributed by atoms with van der Waals surface area (Å²) < 4.78 is 12.1. The number of esters is 1. The largest absolute Gasteiger partial charge is 0.497 e. The number of ether oxygens (including phenoxy) is 2. The number of hydrogen-bond donors (Lipinski definition) is 1. The summed E-state index contributed by atoms with van der Waals surface area (Å²) in [5.41, 5.74) is 3.26.